The van der Waals surface area contributed by atoms with Gasteiger partial charge in [0.25, 0.3) is 0 Å². The summed E-state index contributed by atoms with van der Waals surface area (Å²) in [6.45, 7) is 11.7. The van der Waals surface area contributed by atoms with Gasteiger partial charge in [0, 0.05) is 22.1 Å². The van der Waals surface area contributed by atoms with E-state index < -0.39 is 0 Å². The molecule has 8 rings (SSSR count). The van der Waals surface area contributed by atoms with Crippen molar-refractivity contribution in [1.29, 1.82) is 0 Å². The highest BCUT2D eigenvalue weighted by Gasteiger charge is 2.39. The molecule has 1 aliphatic carbocycles. The number of aromatic nitrogens is 1. The van der Waals surface area contributed by atoms with Gasteiger partial charge in [-0.1, -0.05) is 136 Å². The zero-order valence-corrected chi connectivity index (χ0v) is 27.2. The lowest BCUT2D eigenvalue weighted by atomic mass is 9.80. The zero-order valence-electron chi connectivity index (χ0n) is 27.2. The highest BCUT2D eigenvalue weighted by atomic mass is 15.0. The van der Waals surface area contributed by atoms with E-state index in [9.17, 15) is 0 Å². The Morgan fingerprint density at radius 2 is 1.53 bits per heavy atom. The van der Waals surface area contributed by atoms with E-state index in [0.717, 1.165) is 22.5 Å². The molecule has 0 spiro atoms. The third-order valence-electron chi connectivity index (χ3n) is 9.93. The third kappa shape index (κ3) is 4.63. The monoisotopic (exact) mass is 606 g/mol. The number of dihydropyridines is 1. The summed E-state index contributed by atoms with van der Waals surface area (Å²) in [6, 6.07) is 42.1. The molecule has 0 saturated heterocycles. The van der Waals surface area contributed by atoms with Crippen LogP contribution in [0.25, 0.3) is 50.5 Å². The number of benzene rings is 5. The van der Waals surface area contributed by atoms with Crippen molar-refractivity contribution in [2.75, 3.05) is 0 Å². The zero-order chi connectivity index (χ0) is 32.1. The Bertz CT molecular complexity index is 2240. The molecule has 1 unspecified atom stereocenters. The average Bonchev–Trinajstić information content (AvgIpc) is 3.57. The Morgan fingerprint density at radius 3 is 2.23 bits per heavy atom. The SMILES string of the molecule is C=C(c1ccc(C2C=CC=CN2)cc1)c1c(/C=C\C)c2c3c(ccc2n1-c1ccccc1)-c1cc(-c2ccccc2)ccc1C3(C)C. The van der Waals surface area contributed by atoms with Gasteiger partial charge in [-0.05, 0) is 93.5 Å². The fourth-order valence-corrected chi connectivity index (χ4v) is 7.69. The number of hydrogen-bond donors (Lipinski definition) is 1. The van der Waals surface area contributed by atoms with Crippen LogP contribution in [0, 0.1) is 0 Å². The number of nitrogens with one attached hydrogen (secondary N) is 1. The topological polar surface area (TPSA) is 17.0 Å². The summed E-state index contributed by atoms with van der Waals surface area (Å²) in [6.07, 6.45) is 12.8. The van der Waals surface area contributed by atoms with Crippen molar-refractivity contribution in [3.63, 3.8) is 0 Å². The van der Waals surface area contributed by atoms with Gasteiger partial charge >= 0.3 is 0 Å². The molecule has 2 aliphatic rings. The van der Waals surface area contributed by atoms with Gasteiger partial charge < -0.3 is 9.88 Å². The highest BCUT2D eigenvalue weighted by molar-refractivity contribution is 6.06. The van der Waals surface area contributed by atoms with E-state index in [1.165, 1.54) is 55.4 Å². The standard InChI is InChI=1S/C45H38N2/c1-5-14-37-42-41(27-25-36-38-29-34(32-15-8-6-9-16-32)24-26-39(38)45(3,4)43(36)42)47(35-17-10-7-11-18-35)44(37)30(2)31-20-22-33(23-21-31)40-19-12-13-28-46-40/h5-29,40,46H,2H2,1,3-4H3/b14-5-. The average molecular weight is 607 g/mol. The summed E-state index contributed by atoms with van der Waals surface area (Å²) in [5.74, 6) is 0. The van der Waals surface area contributed by atoms with Gasteiger partial charge in [0.2, 0.25) is 0 Å². The first-order valence-electron chi connectivity index (χ1n) is 16.5. The second-order valence-electron chi connectivity index (χ2n) is 13.1. The van der Waals surface area contributed by atoms with Crippen LogP contribution in [0.4, 0.5) is 0 Å². The Balaban J connectivity index is 1.36. The Hall–Kier alpha value is -5.60. The number of para-hydroxylation sites is 1. The first-order chi connectivity index (χ1) is 23.0. The van der Waals surface area contributed by atoms with Crippen LogP contribution in [0.2, 0.25) is 0 Å². The molecule has 228 valence electrons. The maximum absolute atomic E-state index is 4.78. The van der Waals surface area contributed by atoms with Crippen molar-refractivity contribution in [3.8, 4) is 27.9 Å². The largest absolute Gasteiger partial charge is 0.381 e. The number of hydrogen-bond acceptors (Lipinski definition) is 1. The molecular weight excluding hydrogens is 569 g/mol. The highest BCUT2D eigenvalue weighted by Crippen LogP contribution is 2.54. The molecule has 2 heterocycles. The summed E-state index contributed by atoms with van der Waals surface area (Å²) in [5, 5.41) is 4.73. The fraction of sp³-hybridized carbons (Fsp3) is 0.111. The van der Waals surface area contributed by atoms with Gasteiger partial charge in [0.05, 0.1) is 17.3 Å². The minimum absolute atomic E-state index is 0.172. The molecule has 47 heavy (non-hydrogen) atoms. The van der Waals surface area contributed by atoms with Gasteiger partial charge in [0.15, 0.2) is 0 Å². The molecule has 0 radical (unpaired) electrons. The first-order valence-corrected chi connectivity index (χ1v) is 16.5. The lowest BCUT2D eigenvalue weighted by Crippen LogP contribution is -2.15. The van der Waals surface area contributed by atoms with Gasteiger partial charge in [-0.25, -0.2) is 0 Å². The molecule has 5 aromatic carbocycles. The van der Waals surface area contributed by atoms with Crippen molar-refractivity contribution in [2.45, 2.75) is 32.2 Å². The number of allylic oxidation sites excluding steroid dienone is 3. The summed E-state index contributed by atoms with van der Waals surface area (Å²) in [5.41, 5.74) is 15.7. The third-order valence-corrected chi connectivity index (χ3v) is 9.93. The lowest BCUT2D eigenvalue weighted by molar-refractivity contribution is 0.666. The van der Waals surface area contributed by atoms with Crippen molar-refractivity contribution >= 4 is 22.6 Å². The Kier molecular flexibility index (Phi) is 6.95. The maximum atomic E-state index is 4.78. The normalized spacial score (nSPS) is 15.9. The summed E-state index contributed by atoms with van der Waals surface area (Å²) >= 11 is 0. The summed E-state index contributed by atoms with van der Waals surface area (Å²) in [7, 11) is 0. The predicted octanol–water partition coefficient (Wildman–Crippen LogP) is 11.4. The molecule has 1 N–H and O–H groups in total. The molecule has 2 nitrogen and oxygen atoms in total. The van der Waals surface area contributed by atoms with Crippen LogP contribution in [-0.2, 0) is 5.41 Å². The Labute approximate surface area is 277 Å². The van der Waals surface area contributed by atoms with Crippen LogP contribution in [-0.4, -0.2) is 4.57 Å². The summed E-state index contributed by atoms with van der Waals surface area (Å²) in [4.78, 5) is 0. The minimum atomic E-state index is -0.187. The van der Waals surface area contributed by atoms with Crippen LogP contribution in [0.5, 0.6) is 0 Å². The van der Waals surface area contributed by atoms with E-state index in [4.69, 9.17) is 6.58 Å². The summed E-state index contributed by atoms with van der Waals surface area (Å²) < 4.78 is 2.42. The van der Waals surface area contributed by atoms with Crippen molar-refractivity contribution in [1.82, 2.24) is 9.88 Å². The van der Waals surface area contributed by atoms with Crippen LogP contribution < -0.4 is 5.32 Å². The van der Waals surface area contributed by atoms with Gasteiger partial charge in [-0.15, -0.1) is 0 Å². The van der Waals surface area contributed by atoms with Crippen molar-refractivity contribution in [2.24, 2.45) is 0 Å². The lowest BCUT2D eigenvalue weighted by Gasteiger charge is -2.23. The molecule has 6 aromatic rings. The molecule has 2 heteroatoms. The Morgan fingerprint density at radius 1 is 0.787 bits per heavy atom. The van der Waals surface area contributed by atoms with E-state index >= 15 is 0 Å². The first kappa shape index (κ1) is 28.8. The predicted molar refractivity (Wildman–Crippen MR) is 200 cm³/mol. The second-order valence-corrected chi connectivity index (χ2v) is 13.1. The number of rotatable bonds is 6. The second kappa shape index (κ2) is 11.3. The molecule has 0 amide bonds. The molecule has 0 bridgehead atoms. The van der Waals surface area contributed by atoms with E-state index in [0.29, 0.717) is 0 Å². The molecule has 0 fully saturated rings. The number of fused-ring (bicyclic) bond motifs is 5. The minimum Gasteiger partial charge on any atom is -0.381 e. The van der Waals surface area contributed by atoms with E-state index in [1.54, 1.807) is 0 Å². The van der Waals surface area contributed by atoms with Gasteiger partial charge in [-0.2, -0.15) is 0 Å². The smallest absolute Gasteiger partial charge is 0.0695 e. The maximum Gasteiger partial charge on any atom is 0.0695 e. The van der Waals surface area contributed by atoms with Crippen LogP contribution >= 0.6 is 0 Å². The molecular formula is C45H38N2. The number of nitrogens with zero attached hydrogens (tertiary/aromatic N) is 1. The van der Waals surface area contributed by atoms with E-state index in [1.807, 2.05) is 12.3 Å². The van der Waals surface area contributed by atoms with Gasteiger partial charge in [-0.3, -0.25) is 0 Å². The van der Waals surface area contributed by atoms with Crippen LogP contribution in [0.1, 0.15) is 60.3 Å². The molecule has 1 atom stereocenters. The van der Waals surface area contributed by atoms with Gasteiger partial charge in [0.1, 0.15) is 0 Å². The van der Waals surface area contributed by atoms with Crippen LogP contribution in [0.3, 0.4) is 0 Å². The fourth-order valence-electron chi connectivity index (χ4n) is 7.69. The van der Waals surface area contributed by atoms with Crippen molar-refractivity contribution in [3.05, 3.63) is 186 Å². The quantitative estimate of drug-likeness (QED) is 0.200. The molecule has 0 saturated carbocycles. The van der Waals surface area contributed by atoms with E-state index in [-0.39, 0.29) is 11.5 Å². The van der Waals surface area contributed by atoms with E-state index in [2.05, 4.69) is 170 Å². The van der Waals surface area contributed by atoms with Crippen LogP contribution in [0.15, 0.2) is 152 Å². The molecule has 1 aromatic heterocycles. The van der Waals surface area contributed by atoms with Crippen molar-refractivity contribution < 1.29 is 0 Å². The molecule has 1 aliphatic heterocycles.